The van der Waals surface area contributed by atoms with Crippen molar-refractivity contribution in [3.05, 3.63) is 71.3 Å². The van der Waals surface area contributed by atoms with Gasteiger partial charge >= 0.3 is 0 Å². The molecule has 2 aromatic rings. The number of guanidine groups is 1. The number of likely N-dealkylation sites (tertiary alicyclic amines) is 1. The summed E-state index contributed by atoms with van der Waals surface area (Å²) in [6, 6.07) is 19.5. The van der Waals surface area contributed by atoms with Gasteiger partial charge < -0.3 is 19.9 Å². The molecule has 31 heavy (non-hydrogen) atoms. The van der Waals surface area contributed by atoms with Gasteiger partial charge in [0.15, 0.2) is 5.96 Å². The van der Waals surface area contributed by atoms with Crippen LogP contribution < -0.4 is 5.32 Å². The van der Waals surface area contributed by atoms with Gasteiger partial charge in [-0.15, -0.1) is 24.0 Å². The lowest BCUT2D eigenvalue weighted by atomic mass is 10.0. The van der Waals surface area contributed by atoms with E-state index in [2.05, 4.69) is 89.7 Å². The fourth-order valence-corrected chi connectivity index (χ4v) is 3.99. The lowest BCUT2D eigenvalue weighted by molar-refractivity contribution is 0.0906. The molecule has 1 aliphatic heterocycles. The van der Waals surface area contributed by atoms with Crippen molar-refractivity contribution in [3.8, 4) is 0 Å². The summed E-state index contributed by atoms with van der Waals surface area (Å²) in [5.41, 5.74) is 3.84. The van der Waals surface area contributed by atoms with E-state index in [4.69, 9.17) is 4.74 Å². The normalized spacial score (nSPS) is 17.5. The number of ether oxygens (including phenoxy) is 1. The van der Waals surface area contributed by atoms with Crippen LogP contribution in [0.25, 0.3) is 0 Å². The Morgan fingerprint density at radius 3 is 2.52 bits per heavy atom. The van der Waals surface area contributed by atoms with Gasteiger partial charge in [-0.25, -0.2) is 0 Å². The number of nitrogens with one attached hydrogen (secondary N) is 1. The average molecular weight is 537 g/mol. The second kappa shape index (κ2) is 13.0. The maximum atomic E-state index is 5.97. The summed E-state index contributed by atoms with van der Waals surface area (Å²) >= 11 is 0. The van der Waals surface area contributed by atoms with Crippen LogP contribution in [0.5, 0.6) is 0 Å². The zero-order chi connectivity index (χ0) is 21.3. The number of aryl methyl sites for hydroxylation is 1. The Balaban J connectivity index is 0.00000341. The zero-order valence-corrected chi connectivity index (χ0v) is 21.6. The molecular formula is C25H37IN4O. The van der Waals surface area contributed by atoms with Crippen molar-refractivity contribution in [2.45, 2.75) is 26.0 Å². The van der Waals surface area contributed by atoms with Gasteiger partial charge in [0.2, 0.25) is 0 Å². The monoisotopic (exact) mass is 536 g/mol. The molecule has 0 saturated carbocycles. The third-order valence-corrected chi connectivity index (χ3v) is 5.80. The fourth-order valence-electron chi connectivity index (χ4n) is 3.99. The minimum absolute atomic E-state index is 0. The Kier molecular flexibility index (Phi) is 10.8. The van der Waals surface area contributed by atoms with E-state index < -0.39 is 0 Å². The summed E-state index contributed by atoms with van der Waals surface area (Å²) < 4.78 is 5.97. The van der Waals surface area contributed by atoms with Crippen LogP contribution in [0, 0.1) is 12.8 Å². The first-order chi connectivity index (χ1) is 14.6. The van der Waals surface area contributed by atoms with E-state index in [0.29, 0.717) is 18.6 Å². The predicted octanol–water partition coefficient (Wildman–Crippen LogP) is 4.33. The van der Waals surface area contributed by atoms with Crippen molar-refractivity contribution in [2.75, 3.05) is 47.4 Å². The largest absolute Gasteiger partial charge is 0.376 e. The second-order valence-corrected chi connectivity index (χ2v) is 8.42. The van der Waals surface area contributed by atoms with Crippen LogP contribution in [0.1, 0.15) is 29.2 Å². The molecule has 1 fully saturated rings. The molecule has 1 aliphatic rings. The topological polar surface area (TPSA) is 40.1 Å². The van der Waals surface area contributed by atoms with Crippen molar-refractivity contribution in [2.24, 2.45) is 10.9 Å². The number of hydrogen-bond acceptors (Lipinski definition) is 3. The lowest BCUT2D eigenvalue weighted by Crippen LogP contribution is -2.43. The SMILES string of the molecule is CN=C(NCC(c1ccc(C)cc1)N(C)C)N1CCC(COCc2ccccc2)C1.I. The van der Waals surface area contributed by atoms with Gasteiger partial charge in [0.25, 0.3) is 0 Å². The van der Waals surface area contributed by atoms with E-state index in [9.17, 15) is 0 Å². The Morgan fingerprint density at radius 2 is 1.87 bits per heavy atom. The van der Waals surface area contributed by atoms with Crippen LogP contribution in [0.15, 0.2) is 59.6 Å². The van der Waals surface area contributed by atoms with Crippen LogP contribution in [0.2, 0.25) is 0 Å². The highest BCUT2D eigenvalue weighted by Crippen LogP contribution is 2.20. The zero-order valence-electron chi connectivity index (χ0n) is 19.3. The second-order valence-electron chi connectivity index (χ2n) is 8.42. The summed E-state index contributed by atoms with van der Waals surface area (Å²) in [5.74, 6) is 1.54. The average Bonchev–Trinajstić information content (AvgIpc) is 3.21. The molecule has 0 amide bonds. The Morgan fingerprint density at radius 1 is 1.16 bits per heavy atom. The highest BCUT2D eigenvalue weighted by Gasteiger charge is 2.25. The molecule has 0 bridgehead atoms. The van der Waals surface area contributed by atoms with Crippen molar-refractivity contribution in [1.29, 1.82) is 0 Å². The molecule has 3 rings (SSSR count). The minimum Gasteiger partial charge on any atom is -0.376 e. The molecule has 5 nitrogen and oxygen atoms in total. The van der Waals surface area contributed by atoms with Crippen LogP contribution >= 0.6 is 24.0 Å². The number of halogens is 1. The molecule has 0 aliphatic carbocycles. The summed E-state index contributed by atoms with van der Waals surface area (Å²) in [6.45, 7) is 6.45. The van der Waals surface area contributed by atoms with E-state index in [1.165, 1.54) is 16.7 Å². The third-order valence-electron chi connectivity index (χ3n) is 5.80. The molecule has 1 N–H and O–H groups in total. The van der Waals surface area contributed by atoms with Gasteiger partial charge in [-0.2, -0.15) is 0 Å². The molecule has 6 heteroatoms. The number of aliphatic imine (C=N–C) groups is 1. The van der Waals surface area contributed by atoms with Crippen LogP contribution in [0.4, 0.5) is 0 Å². The summed E-state index contributed by atoms with van der Waals surface area (Å²) in [4.78, 5) is 9.16. The maximum absolute atomic E-state index is 5.97. The maximum Gasteiger partial charge on any atom is 0.193 e. The Hall–Kier alpha value is -1.64. The third kappa shape index (κ3) is 7.77. The van der Waals surface area contributed by atoms with Crippen molar-refractivity contribution in [3.63, 3.8) is 0 Å². The van der Waals surface area contributed by atoms with Gasteiger partial charge in [0.1, 0.15) is 0 Å². The Bertz CT molecular complexity index is 795. The van der Waals surface area contributed by atoms with E-state index in [1.807, 2.05) is 13.1 Å². The number of benzene rings is 2. The first-order valence-electron chi connectivity index (χ1n) is 10.9. The molecular weight excluding hydrogens is 499 g/mol. The van der Waals surface area contributed by atoms with Crippen molar-refractivity contribution < 1.29 is 4.74 Å². The summed E-state index contributed by atoms with van der Waals surface area (Å²) in [6.07, 6.45) is 1.14. The van der Waals surface area contributed by atoms with Crippen molar-refractivity contribution in [1.82, 2.24) is 15.1 Å². The first-order valence-corrected chi connectivity index (χ1v) is 10.9. The van der Waals surface area contributed by atoms with Gasteiger partial charge in [-0.3, -0.25) is 4.99 Å². The molecule has 2 unspecified atom stereocenters. The van der Waals surface area contributed by atoms with Gasteiger partial charge in [0, 0.05) is 32.6 Å². The number of nitrogens with zero attached hydrogens (tertiary/aromatic N) is 3. The van der Waals surface area contributed by atoms with E-state index >= 15 is 0 Å². The Labute approximate surface area is 204 Å². The van der Waals surface area contributed by atoms with Gasteiger partial charge in [-0.1, -0.05) is 60.2 Å². The molecule has 2 aromatic carbocycles. The minimum atomic E-state index is 0. The molecule has 1 saturated heterocycles. The quantitative estimate of drug-likeness (QED) is 0.310. The standard InChI is InChI=1S/C25H36N4O.HI/c1-20-10-12-23(13-11-20)24(28(3)4)16-27-25(26-2)29-15-14-22(17-29)19-30-18-21-8-6-5-7-9-21;/h5-13,22,24H,14-19H2,1-4H3,(H,26,27);1H. The highest BCUT2D eigenvalue weighted by atomic mass is 127. The molecule has 2 atom stereocenters. The highest BCUT2D eigenvalue weighted by molar-refractivity contribution is 14.0. The van der Waals surface area contributed by atoms with E-state index in [1.54, 1.807) is 0 Å². The van der Waals surface area contributed by atoms with Crippen LogP contribution in [0.3, 0.4) is 0 Å². The molecule has 170 valence electrons. The smallest absolute Gasteiger partial charge is 0.193 e. The van der Waals surface area contributed by atoms with Crippen molar-refractivity contribution >= 4 is 29.9 Å². The molecule has 0 spiro atoms. The fraction of sp³-hybridized carbons (Fsp3) is 0.480. The predicted molar refractivity (Wildman–Crippen MR) is 140 cm³/mol. The number of rotatable bonds is 8. The van der Waals surface area contributed by atoms with Gasteiger partial charge in [0.05, 0.1) is 19.3 Å². The van der Waals surface area contributed by atoms with Crippen LogP contribution in [-0.2, 0) is 11.3 Å². The molecule has 1 heterocycles. The van der Waals surface area contributed by atoms with Gasteiger partial charge in [-0.05, 0) is 38.6 Å². The number of likely N-dealkylation sites (N-methyl/N-ethyl adjacent to an activating group) is 1. The molecule has 0 aromatic heterocycles. The summed E-state index contributed by atoms with van der Waals surface area (Å²) in [7, 11) is 6.13. The number of hydrogen-bond donors (Lipinski definition) is 1. The molecule has 0 radical (unpaired) electrons. The lowest BCUT2D eigenvalue weighted by Gasteiger charge is -2.28. The van der Waals surface area contributed by atoms with E-state index in [-0.39, 0.29) is 24.0 Å². The van der Waals surface area contributed by atoms with E-state index in [0.717, 1.165) is 38.6 Å². The van der Waals surface area contributed by atoms with Crippen LogP contribution in [-0.4, -0.2) is 63.1 Å². The first kappa shape index (κ1) is 25.6. The summed E-state index contributed by atoms with van der Waals surface area (Å²) in [5, 5.41) is 3.60.